The van der Waals surface area contributed by atoms with Crippen molar-refractivity contribution in [3.63, 3.8) is 0 Å². The van der Waals surface area contributed by atoms with Crippen molar-refractivity contribution in [2.45, 2.75) is 6.04 Å². The van der Waals surface area contributed by atoms with Gasteiger partial charge in [0.05, 0.1) is 6.04 Å². The minimum absolute atomic E-state index is 0.129. The van der Waals surface area contributed by atoms with Gasteiger partial charge in [-0.25, -0.2) is 0 Å². The first-order valence-electron chi connectivity index (χ1n) is 5.88. The number of halogens is 2. The molecule has 2 nitrogen and oxygen atoms in total. The van der Waals surface area contributed by atoms with E-state index in [0.717, 1.165) is 10.0 Å². The van der Waals surface area contributed by atoms with Crippen LogP contribution in [0.2, 0.25) is 0 Å². The van der Waals surface area contributed by atoms with E-state index in [9.17, 15) is 4.79 Å². The second-order valence-electron chi connectivity index (χ2n) is 4.10. The Balaban J connectivity index is 2.13. The first-order valence-corrected chi connectivity index (χ1v) is 7.21. The molecule has 19 heavy (non-hydrogen) atoms. The number of benzene rings is 2. The third-order valence-electron chi connectivity index (χ3n) is 2.75. The van der Waals surface area contributed by atoms with Crippen LogP contribution in [0.1, 0.15) is 22.0 Å². The largest absolute Gasteiger partial charge is 0.344 e. The van der Waals surface area contributed by atoms with Gasteiger partial charge in [-0.15, -0.1) is 11.6 Å². The van der Waals surface area contributed by atoms with E-state index < -0.39 is 0 Å². The second kappa shape index (κ2) is 6.73. The van der Waals surface area contributed by atoms with Crippen molar-refractivity contribution in [2.75, 3.05) is 5.88 Å². The number of hydrogen-bond donors (Lipinski definition) is 1. The van der Waals surface area contributed by atoms with Crippen LogP contribution < -0.4 is 5.32 Å². The summed E-state index contributed by atoms with van der Waals surface area (Å²) in [6.45, 7) is 0. The summed E-state index contributed by atoms with van der Waals surface area (Å²) in [5.74, 6) is 0.208. The van der Waals surface area contributed by atoms with E-state index in [0.29, 0.717) is 11.4 Å². The summed E-state index contributed by atoms with van der Waals surface area (Å²) in [7, 11) is 0. The number of carbonyl (C=O) groups excluding carboxylic acids is 1. The van der Waals surface area contributed by atoms with Crippen molar-refractivity contribution in [3.05, 3.63) is 70.2 Å². The summed E-state index contributed by atoms with van der Waals surface area (Å²) in [4.78, 5) is 12.1. The molecule has 0 radical (unpaired) electrons. The van der Waals surface area contributed by atoms with Crippen molar-refractivity contribution >= 4 is 33.4 Å². The Morgan fingerprint density at radius 1 is 1.16 bits per heavy atom. The Morgan fingerprint density at radius 3 is 2.53 bits per heavy atom. The molecule has 0 aliphatic heterocycles. The molecule has 1 amide bonds. The quantitative estimate of drug-likeness (QED) is 0.833. The summed E-state index contributed by atoms with van der Waals surface area (Å²) >= 11 is 9.29. The van der Waals surface area contributed by atoms with Gasteiger partial charge in [-0.2, -0.15) is 0 Å². The van der Waals surface area contributed by atoms with Crippen molar-refractivity contribution in [3.8, 4) is 0 Å². The van der Waals surface area contributed by atoms with E-state index >= 15 is 0 Å². The Morgan fingerprint density at radius 2 is 1.89 bits per heavy atom. The van der Waals surface area contributed by atoms with Crippen LogP contribution in [0.15, 0.2) is 59.1 Å². The van der Waals surface area contributed by atoms with Gasteiger partial charge in [0.1, 0.15) is 0 Å². The van der Waals surface area contributed by atoms with Crippen LogP contribution >= 0.6 is 27.5 Å². The lowest BCUT2D eigenvalue weighted by Gasteiger charge is -2.16. The molecule has 2 aromatic rings. The summed E-state index contributed by atoms with van der Waals surface area (Å²) in [6.07, 6.45) is 0. The Bertz CT molecular complexity index is 559. The molecular formula is C15H13BrClNO. The normalized spacial score (nSPS) is 11.9. The first-order chi connectivity index (χ1) is 9.20. The van der Waals surface area contributed by atoms with E-state index in [-0.39, 0.29) is 11.9 Å². The van der Waals surface area contributed by atoms with Crippen molar-refractivity contribution in [1.82, 2.24) is 5.32 Å². The molecule has 0 saturated heterocycles. The number of amides is 1. The Kier molecular flexibility index (Phi) is 5.00. The van der Waals surface area contributed by atoms with E-state index in [1.54, 1.807) is 12.1 Å². The van der Waals surface area contributed by atoms with Crippen LogP contribution in [-0.2, 0) is 0 Å². The first kappa shape index (κ1) is 14.1. The topological polar surface area (TPSA) is 29.1 Å². The smallest absolute Gasteiger partial charge is 0.251 e. The highest BCUT2D eigenvalue weighted by Gasteiger charge is 2.14. The zero-order chi connectivity index (χ0) is 13.7. The molecule has 1 N–H and O–H groups in total. The summed E-state index contributed by atoms with van der Waals surface area (Å²) in [6, 6.07) is 16.8. The van der Waals surface area contributed by atoms with Gasteiger partial charge in [-0.05, 0) is 23.8 Å². The lowest BCUT2D eigenvalue weighted by Crippen LogP contribution is -2.29. The lowest BCUT2D eigenvalue weighted by atomic mass is 10.1. The van der Waals surface area contributed by atoms with Gasteiger partial charge < -0.3 is 5.32 Å². The Hall–Kier alpha value is -1.32. The van der Waals surface area contributed by atoms with E-state index in [4.69, 9.17) is 11.6 Å². The summed E-state index contributed by atoms with van der Waals surface area (Å²) in [5.41, 5.74) is 1.61. The zero-order valence-electron chi connectivity index (χ0n) is 10.1. The molecule has 1 atom stereocenters. The van der Waals surface area contributed by atoms with Crippen molar-refractivity contribution in [2.24, 2.45) is 0 Å². The van der Waals surface area contributed by atoms with Gasteiger partial charge >= 0.3 is 0 Å². The van der Waals surface area contributed by atoms with Crippen LogP contribution in [0, 0.1) is 0 Å². The van der Waals surface area contributed by atoms with Gasteiger partial charge in [-0.3, -0.25) is 4.79 Å². The van der Waals surface area contributed by atoms with Crippen LogP contribution in [0.5, 0.6) is 0 Å². The van der Waals surface area contributed by atoms with Crippen LogP contribution in [-0.4, -0.2) is 11.8 Å². The number of hydrogen-bond acceptors (Lipinski definition) is 1. The molecule has 2 aromatic carbocycles. The van der Waals surface area contributed by atoms with Gasteiger partial charge in [0, 0.05) is 15.9 Å². The standard InChI is InChI=1S/C15H13BrClNO/c16-13-8-4-7-12(9-13)15(19)18-14(10-17)11-5-2-1-3-6-11/h1-9,14H,10H2,(H,18,19). The predicted octanol–water partition coefficient (Wildman–Crippen LogP) is 4.16. The highest BCUT2D eigenvalue weighted by atomic mass is 79.9. The monoisotopic (exact) mass is 337 g/mol. The fourth-order valence-corrected chi connectivity index (χ4v) is 2.42. The van der Waals surface area contributed by atoms with Gasteiger partial charge in [0.25, 0.3) is 5.91 Å². The molecule has 1 unspecified atom stereocenters. The number of carbonyl (C=O) groups is 1. The third kappa shape index (κ3) is 3.82. The predicted molar refractivity (Wildman–Crippen MR) is 81.5 cm³/mol. The fourth-order valence-electron chi connectivity index (χ4n) is 1.77. The second-order valence-corrected chi connectivity index (χ2v) is 5.33. The molecular weight excluding hydrogens is 326 g/mol. The van der Waals surface area contributed by atoms with Gasteiger partial charge in [0.15, 0.2) is 0 Å². The molecule has 4 heteroatoms. The molecule has 0 saturated carbocycles. The maximum absolute atomic E-state index is 12.1. The molecule has 2 rings (SSSR count). The summed E-state index contributed by atoms with van der Waals surface area (Å²) in [5, 5.41) is 2.93. The lowest BCUT2D eigenvalue weighted by molar-refractivity contribution is 0.0940. The van der Waals surface area contributed by atoms with Crippen molar-refractivity contribution < 1.29 is 4.79 Å². The fraction of sp³-hybridized carbons (Fsp3) is 0.133. The number of nitrogens with one attached hydrogen (secondary N) is 1. The van der Waals surface area contributed by atoms with Crippen molar-refractivity contribution in [1.29, 1.82) is 0 Å². The maximum Gasteiger partial charge on any atom is 0.251 e. The molecule has 0 bridgehead atoms. The van der Waals surface area contributed by atoms with E-state index in [2.05, 4.69) is 21.2 Å². The molecule has 0 aromatic heterocycles. The average Bonchev–Trinajstić information content (AvgIpc) is 2.45. The van der Waals surface area contributed by atoms with Gasteiger partial charge in [0.2, 0.25) is 0 Å². The third-order valence-corrected chi connectivity index (χ3v) is 3.55. The highest BCUT2D eigenvalue weighted by Crippen LogP contribution is 2.16. The van der Waals surface area contributed by atoms with Crippen LogP contribution in [0.3, 0.4) is 0 Å². The molecule has 0 spiro atoms. The molecule has 0 fully saturated rings. The Labute approximate surface area is 125 Å². The molecule has 0 aliphatic carbocycles. The number of alkyl halides is 1. The minimum Gasteiger partial charge on any atom is -0.344 e. The highest BCUT2D eigenvalue weighted by molar-refractivity contribution is 9.10. The SMILES string of the molecule is O=C(NC(CCl)c1ccccc1)c1cccc(Br)c1. The van der Waals surface area contributed by atoms with E-state index in [1.165, 1.54) is 0 Å². The van der Waals surface area contributed by atoms with Crippen LogP contribution in [0.25, 0.3) is 0 Å². The molecule has 0 aliphatic rings. The minimum atomic E-state index is -0.186. The van der Waals surface area contributed by atoms with Crippen LogP contribution in [0.4, 0.5) is 0 Å². The van der Waals surface area contributed by atoms with Gasteiger partial charge in [-0.1, -0.05) is 52.3 Å². The molecule has 0 heterocycles. The average molecular weight is 339 g/mol. The molecule has 98 valence electrons. The summed E-state index contributed by atoms with van der Waals surface area (Å²) < 4.78 is 0.877. The van der Waals surface area contributed by atoms with E-state index in [1.807, 2.05) is 42.5 Å². The zero-order valence-corrected chi connectivity index (χ0v) is 12.5. The maximum atomic E-state index is 12.1. The number of rotatable bonds is 4.